The quantitative estimate of drug-likeness (QED) is 0.0159. The van der Waals surface area contributed by atoms with Crippen molar-refractivity contribution in [3.63, 3.8) is 0 Å². The van der Waals surface area contributed by atoms with Crippen LogP contribution in [-0.4, -0.2) is 155 Å². The van der Waals surface area contributed by atoms with Crippen LogP contribution in [0.3, 0.4) is 0 Å². The molecule has 0 aromatic heterocycles. The number of rotatable bonds is 38. The summed E-state index contributed by atoms with van der Waals surface area (Å²) in [7, 11) is -3.60. The number of aliphatic hydroxyl groups excluding tert-OH is 2. The van der Waals surface area contributed by atoms with Crippen LogP contribution in [0.2, 0.25) is 0 Å². The number of aliphatic imine (C=N–C) groups is 2. The lowest BCUT2D eigenvalue weighted by molar-refractivity contribution is -0.118. The SMILES string of the molecule is CCCCCSCCC(=O)N=C1C(=C2C(=O)C(c3cc4c5c(c3NC(=O)CCSCCCCC)CCCN5CCC4)=C2O)C=C2CCCN3CCCC1=C23.Cc1cccc(OP(OCCCCC(=O)Nc2c(C3=C(O)C(=C4C=C5CCCN6CCCC(=C56)C4=NC(=O)CCCCOP(Oc4ccccc4C)Oc4ccccc4C)C3=O)cc3c4c2CCCN4CCC3)Oc2ccccc2C)c1. The number of para-hydroxylation sites is 3. The molecular weight excluding hydrogens is 1780 g/mol. The molecule has 1 unspecified atom stereocenters. The molecule has 4 N–H and O–H groups in total. The highest BCUT2D eigenvalue weighted by atomic mass is 32.2. The number of unbranched alkanes of at least 4 members (excludes halogenated alkanes) is 6. The Hall–Kier alpha value is -10.3. The van der Waals surface area contributed by atoms with Crippen LogP contribution in [0.1, 0.15) is 236 Å². The Bertz CT molecular complexity index is 5890. The van der Waals surface area contributed by atoms with Crippen molar-refractivity contribution < 1.29 is 66.1 Å². The van der Waals surface area contributed by atoms with Crippen molar-refractivity contribution in [2.24, 2.45) is 9.98 Å². The van der Waals surface area contributed by atoms with Crippen molar-refractivity contribution in [1.82, 2.24) is 9.80 Å². The standard InChI is InChI=1S/C66H72N4O10P2.C44H58N4O4S2/c1-43-20-15-26-49(40-43)77-81(78-54-29-8-5-21-44(54)2)75-38-13-11-32-57(71)67-61-50-27-18-36-69-34-16-24-47(63(50)69)41-52(61)59-65(73)60(66(59)74)53-42-48-25-17-35-70-37-19-28-51(64(48)70)62(53)68-58(72)33-12-14-39-76-82(79-55-30-9-6-22-45(55)3)80-56-31-10-7-23-46(56)4;1-3-5-7-23-53-25-17-35(49)45-39-31-15-11-21-47-19-9-13-29(41(31)47)27-33(39)37-43(51)38(44(37)52)34-28-30-14-10-20-48-22-12-16-32(42(30)48)40(34)46-36(50)18-26-54-24-8-6-4-2/h5-10,15,20-23,26,29-31,40-42,73H,11-14,16-19,24-25,27-28,32-39H2,1-4H3,(H,67,71);27-28,51H,3-26H2,1-2H3,(H,45,49). The van der Waals surface area contributed by atoms with Gasteiger partial charge in [-0.15, -0.1) is 0 Å². The van der Waals surface area contributed by atoms with E-state index in [-0.39, 0.29) is 81.8 Å². The number of thioether (sulfide) groups is 2. The summed E-state index contributed by atoms with van der Waals surface area (Å²) >= 11 is 3.62. The fourth-order valence-electron chi connectivity index (χ4n) is 20.9. The van der Waals surface area contributed by atoms with E-state index in [9.17, 15) is 34.2 Å². The van der Waals surface area contributed by atoms with Crippen LogP contribution in [0.5, 0.6) is 23.0 Å². The highest BCUT2D eigenvalue weighted by molar-refractivity contribution is 7.99. The van der Waals surface area contributed by atoms with Crippen molar-refractivity contribution >= 4 is 121 Å². The molecule has 6 aromatic carbocycles. The van der Waals surface area contributed by atoms with Gasteiger partial charge in [-0.3, -0.25) is 37.8 Å². The lowest BCUT2D eigenvalue weighted by Gasteiger charge is -2.42. The Morgan fingerprint density at radius 3 is 1.29 bits per heavy atom. The molecule has 1 atom stereocenters. The number of amides is 4. The first-order chi connectivity index (χ1) is 66.4. The number of ketones is 2. The monoisotopic (exact) mass is 1910 g/mol. The molecule has 2 saturated heterocycles. The van der Waals surface area contributed by atoms with Gasteiger partial charge >= 0.3 is 17.2 Å². The van der Waals surface area contributed by atoms with Crippen molar-refractivity contribution in [2.75, 3.05) is 109 Å². The van der Waals surface area contributed by atoms with Crippen LogP contribution in [0.25, 0.3) is 11.1 Å². The molecule has 2 fully saturated rings. The third-order valence-corrected chi connectivity index (χ3v) is 32.0. The largest absolute Gasteiger partial charge is 0.506 e. The summed E-state index contributed by atoms with van der Waals surface area (Å²) in [5.41, 5.74) is 22.6. The van der Waals surface area contributed by atoms with Gasteiger partial charge in [0.25, 0.3) is 0 Å². The molecule has 8 aliphatic heterocycles. The molecule has 12 aliphatic rings. The van der Waals surface area contributed by atoms with E-state index in [1.54, 1.807) is 11.8 Å². The molecule has 8 heterocycles. The molecule has 136 heavy (non-hydrogen) atoms. The summed E-state index contributed by atoms with van der Waals surface area (Å²) < 4.78 is 37.5. The second kappa shape index (κ2) is 46.0. The predicted molar refractivity (Wildman–Crippen MR) is 550 cm³/mol. The van der Waals surface area contributed by atoms with Gasteiger partial charge in [0.2, 0.25) is 35.2 Å². The summed E-state index contributed by atoms with van der Waals surface area (Å²) in [4.78, 5) is 104. The van der Waals surface area contributed by atoms with Crippen LogP contribution in [-0.2, 0) is 63.5 Å². The zero-order valence-electron chi connectivity index (χ0n) is 79.8. The second-order valence-corrected chi connectivity index (χ2v) is 42.1. The highest BCUT2D eigenvalue weighted by Crippen LogP contribution is 2.54. The first kappa shape index (κ1) is 97.3. The fourth-order valence-corrected chi connectivity index (χ4v) is 25.0. The topological polar surface area (TPSA) is 260 Å². The van der Waals surface area contributed by atoms with Crippen molar-refractivity contribution in [3.05, 3.63) is 244 Å². The van der Waals surface area contributed by atoms with E-state index >= 15 is 4.79 Å². The Morgan fingerprint density at radius 2 is 0.831 bits per heavy atom. The number of carbonyl (C=O) groups excluding carboxylic acids is 6. The maximum atomic E-state index is 15.1. The fraction of sp³-hybridized carbons (Fsp3) is 0.455. The molecule has 4 aliphatic carbocycles. The number of aryl methyl sites for hydroxylation is 6. The van der Waals surface area contributed by atoms with E-state index in [1.807, 2.05) is 155 Å². The van der Waals surface area contributed by atoms with Crippen molar-refractivity contribution in [3.8, 4) is 23.0 Å². The van der Waals surface area contributed by atoms with E-state index in [0.717, 1.165) is 252 Å². The predicted octanol–water partition coefficient (Wildman–Crippen LogP) is 24.1. The molecule has 0 saturated carbocycles. The van der Waals surface area contributed by atoms with Crippen molar-refractivity contribution in [2.45, 2.75) is 234 Å². The van der Waals surface area contributed by atoms with Crippen LogP contribution < -0.4 is 38.5 Å². The number of hydrogen-bond donors (Lipinski definition) is 4. The van der Waals surface area contributed by atoms with E-state index in [0.29, 0.717) is 126 Å². The minimum absolute atomic E-state index is 0.0522. The summed E-state index contributed by atoms with van der Waals surface area (Å²) in [6, 6.07) is 35.1. The molecule has 4 amide bonds. The van der Waals surface area contributed by atoms with Gasteiger partial charge in [-0.2, -0.15) is 23.5 Å². The molecule has 6 aromatic rings. The summed E-state index contributed by atoms with van der Waals surface area (Å²) in [5, 5.41) is 31.1. The molecule has 22 nitrogen and oxygen atoms in total. The maximum absolute atomic E-state index is 15.1. The molecule has 0 bridgehead atoms. The highest BCUT2D eigenvalue weighted by Gasteiger charge is 2.47. The number of nitrogens with one attached hydrogen (secondary N) is 2. The first-order valence-corrected chi connectivity index (χ1v) is 54.4. The van der Waals surface area contributed by atoms with Gasteiger partial charge in [-0.05, 0) is 291 Å². The summed E-state index contributed by atoms with van der Waals surface area (Å²) in [6.45, 7) is 20.6. The molecule has 18 rings (SSSR count). The van der Waals surface area contributed by atoms with Gasteiger partial charge in [0, 0.05) is 146 Å². The van der Waals surface area contributed by atoms with E-state index in [4.69, 9.17) is 37.1 Å². The number of nitrogens with zero attached hydrogens (tertiary/aromatic N) is 6. The Kier molecular flexibility index (Phi) is 32.9. The van der Waals surface area contributed by atoms with Gasteiger partial charge < -0.3 is 58.5 Å². The zero-order valence-corrected chi connectivity index (χ0v) is 83.3. The third-order valence-electron chi connectivity index (χ3n) is 27.6. The molecule has 26 heteroatoms. The van der Waals surface area contributed by atoms with Crippen LogP contribution in [0.15, 0.2) is 199 Å². The zero-order chi connectivity index (χ0) is 94.3. The van der Waals surface area contributed by atoms with Gasteiger partial charge in [0.05, 0.1) is 58.3 Å². The third kappa shape index (κ3) is 22.3. The number of anilines is 4. The smallest absolute Gasteiger partial charge is 0.463 e. The average molecular weight is 1910 g/mol. The van der Waals surface area contributed by atoms with Crippen molar-refractivity contribution in [1.29, 1.82) is 0 Å². The van der Waals surface area contributed by atoms with Gasteiger partial charge in [0.15, 0.2) is 0 Å². The molecule has 0 spiro atoms. The van der Waals surface area contributed by atoms with Gasteiger partial charge in [-0.25, -0.2) is 9.98 Å². The van der Waals surface area contributed by atoms with Crippen LogP contribution in [0.4, 0.5) is 22.7 Å². The van der Waals surface area contributed by atoms with Crippen LogP contribution in [0, 0.1) is 27.7 Å². The lowest BCUT2D eigenvalue weighted by atomic mass is 9.73. The minimum Gasteiger partial charge on any atom is -0.506 e. The first-order valence-electron chi connectivity index (χ1n) is 49.9. The van der Waals surface area contributed by atoms with E-state index in [1.165, 1.54) is 48.2 Å². The normalized spacial score (nSPS) is 19.4. The number of hydrogen-bond acceptors (Lipinski definition) is 20. The number of allylic oxidation sites excluding steroid dienone is 12. The number of carbonyl (C=O) groups is 6. The number of aliphatic hydroxyl groups is 2. The molecule has 0 radical (unpaired) electrons. The average Bonchev–Trinajstić information content (AvgIpc) is 0.716. The van der Waals surface area contributed by atoms with E-state index in [2.05, 4.69) is 50.1 Å². The Labute approximate surface area is 812 Å². The minimum atomic E-state index is -1.80. The summed E-state index contributed by atoms with van der Waals surface area (Å²) in [6.07, 6.45) is 28.6. The number of piperidine rings is 2. The summed E-state index contributed by atoms with van der Waals surface area (Å²) in [5.74, 6) is 4.78. The van der Waals surface area contributed by atoms with Crippen LogP contribution >= 0.6 is 40.7 Å². The molecular formula is C110H130N8O14P2S2. The second-order valence-electron chi connectivity index (χ2n) is 37.5. The molecule has 716 valence electrons. The Balaban J connectivity index is 0.000000206. The van der Waals surface area contributed by atoms with E-state index < -0.39 is 17.2 Å². The number of benzene rings is 6. The van der Waals surface area contributed by atoms with Gasteiger partial charge in [-0.1, -0.05) is 106 Å². The maximum Gasteiger partial charge on any atom is 0.463 e. The van der Waals surface area contributed by atoms with Gasteiger partial charge in [0.1, 0.15) is 34.5 Å². The lowest BCUT2D eigenvalue weighted by Crippen LogP contribution is -2.38. The number of Topliss-reactive ketones (excluding diaryl/α,β-unsaturated/α-hetero) is 2. The Morgan fingerprint density at radius 1 is 0.419 bits per heavy atom.